The fourth-order valence-electron chi connectivity index (χ4n) is 1.89. The first-order valence-electron chi connectivity index (χ1n) is 7.85. The van der Waals surface area contributed by atoms with Gasteiger partial charge in [0.15, 0.2) is 5.11 Å². The predicted octanol–water partition coefficient (Wildman–Crippen LogP) is 2.91. The lowest BCUT2D eigenvalue weighted by atomic mass is 10.2. The average Bonchev–Trinajstić information content (AvgIpc) is 2.48. The van der Waals surface area contributed by atoms with Gasteiger partial charge < -0.3 is 20.3 Å². The number of thiocarbonyl (C=S) groups is 1. The Hall–Kier alpha value is -1.82. The van der Waals surface area contributed by atoms with Gasteiger partial charge in [0, 0.05) is 26.2 Å². The van der Waals surface area contributed by atoms with E-state index in [0.29, 0.717) is 18.2 Å². The number of benzene rings is 1. The average molecular weight is 337 g/mol. The van der Waals surface area contributed by atoms with E-state index in [2.05, 4.69) is 34.6 Å². The Balaban J connectivity index is 2.30. The maximum absolute atomic E-state index is 11.5. The van der Waals surface area contributed by atoms with Crippen molar-refractivity contribution >= 4 is 23.4 Å². The Labute approximate surface area is 144 Å². The maximum atomic E-state index is 11.5. The third kappa shape index (κ3) is 8.40. The van der Waals surface area contributed by atoms with Gasteiger partial charge in [0.25, 0.3) is 0 Å². The molecule has 2 N–H and O–H groups in total. The van der Waals surface area contributed by atoms with Crippen LogP contribution in [0.5, 0.6) is 0 Å². The Morgan fingerprint density at radius 2 is 1.78 bits per heavy atom. The molecular formula is C17H27N3O2S. The number of carbonyl (C=O) groups is 1. The van der Waals surface area contributed by atoms with Crippen molar-refractivity contribution in [3.8, 4) is 0 Å². The molecule has 0 spiro atoms. The van der Waals surface area contributed by atoms with E-state index in [9.17, 15) is 4.79 Å². The van der Waals surface area contributed by atoms with E-state index in [-0.39, 0.29) is 0 Å². The summed E-state index contributed by atoms with van der Waals surface area (Å²) in [7, 11) is 0. The number of ether oxygens (including phenoxy) is 1. The highest BCUT2D eigenvalue weighted by molar-refractivity contribution is 7.80. The highest BCUT2D eigenvalue weighted by Gasteiger charge is 2.15. The van der Waals surface area contributed by atoms with Crippen LogP contribution in [0.4, 0.5) is 4.79 Å². The highest BCUT2D eigenvalue weighted by atomic mass is 32.1. The number of amides is 1. The summed E-state index contributed by atoms with van der Waals surface area (Å²) < 4.78 is 5.17. The molecule has 1 aromatic rings. The van der Waals surface area contributed by atoms with E-state index in [4.69, 9.17) is 17.0 Å². The molecule has 0 bridgehead atoms. The molecule has 23 heavy (non-hydrogen) atoms. The summed E-state index contributed by atoms with van der Waals surface area (Å²) in [5.74, 6) is 0. The van der Waals surface area contributed by atoms with Crippen molar-refractivity contribution in [3.05, 3.63) is 35.9 Å². The smallest absolute Gasteiger partial charge is 0.407 e. The van der Waals surface area contributed by atoms with E-state index in [0.717, 1.165) is 13.1 Å². The molecular weight excluding hydrogens is 310 g/mol. The lowest BCUT2D eigenvalue weighted by Gasteiger charge is -2.24. The van der Waals surface area contributed by atoms with Crippen LogP contribution >= 0.6 is 12.2 Å². The molecule has 0 unspecified atom stereocenters. The lowest BCUT2D eigenvalue weighted by Crippen LogP contribution is -2.43. The number of hydrogen-bond acceptors (Lipinski definition) is 3. The second-order valence-corrected chi connectivity index (χ2v) is 6.55. The van der Waals surface area contributed by atoms with E-state index in [1.165, 1.54) is 5.56 Å². The van der Waals surface area contributed by atoms with Gasteiger partial charge in [-0.3, -0.25) is 0 Å². The van der Waals surface area contributed by atoms with Crippen LogP contribution in [-0.2, 0) is 11.3 Å². The number of hydrogen-bond donors (Lipinski definition) is 2. The Morgan fingerprint density at radius 1 is 1.17 bits per heavy atom. The molecule has 0 atom stereocenters. The van der Waals surface area contributed by atoms with Gasteiger partial charge in [0.2, 0.25) is 0 Å². The molecule has 128 valence electrons. The van der Waals surface area contributed by atoms with Crippen LogP contribution in [0.15, 0.2) is 30.3 Å². The van der Waals surface area contributed by atoms with Gasteiger partial charge in [-0.2, -0.15) is 0 Å². The van der Waals surface area contributed by atoms with Crippen molar-refractivity contribution in [3.63, 3.8) is 0 Å². The lowest BCUT2D eigenvalue weighted by molar-refractivity contribution is 0.0529. The Bertz CT molecular complexity index is 500. The zero-order valence-corrected chi connectivity index (χ0v) is 15.2. The van der Waals surface area contributed by atoms with Crippen molar-refractivity contribution < 1.29 is 9.53 Å². The quantitative estimate of drug-likeness (QED) is 0.617. The van der Waals surface area contributed by atoms with Crippen molar-refractivity contribution in [1.82, 2.24) is 15.5 Å². The van der Waals surface area contributed by atoms with Crippen LogP contribution in [0.2, 0.25) is 0 Å². The van der Waals surface area contributed by atoms with Crippen LogP contribution in [0.1, 0.15) is 33.3 Å². The number of alkyl carbamates (subject to hydrolysis) is 1. The van der Waals surface area contributed by atoms with E-state index in [1.807, 2.05) is 39.0 Å². The van der Waals surface area contributed by atoms with Crippen LogP contribution < -0.4 is 10.6 Å². The third-order valence-corrected chi connectivity index (χ3v) is 3.36. The molecule has 0 saturated carbocycles. The third-order valence-electron chi connectivity index (χ3n) is 2.95. The van der Waals surface area contributed by atoms with Gasteiger partial charge in [-0.15, -0.1) is 0 Å². The minimum Gasteiger partial charge on any atom is -0.444 e. The topological polar surface area (TPSA) is 53.6 Å². The molecule has 5 nitrogen and oxygen atoms in total. The zero-order chi connectivity index (χ0) is 17.3. The molecule has 6 heteroatoms. The highest BCUT2D eigenvalue weighted by Crippen LogP contribution is 2.06. The minimum absolute atomic E-state index is 0.415. The first-order valence-corrected chi connectivity index (χ1v) is 8.26. The molecule has 0 radical (unpaired) electrons. The Morgan fingerprint density at radius 3 is 2.35 bits per heavy atom. The fraction of sp³-hybridized carbons (Fsp3) is 0.529. The molecule has 0 fully saturated rings. The molecule has 0 aromatic heterocycles. The van der Waals surface area contributed by atoms with E-state index in [1.54, 1.807) is 0 Å². The van der Waals surface area contributed by atoms with Crippen molar-refractivity contribution in [2.45, 2.75) is 39.8 Å². The van der Waals surface area contributed by atoms with Crippen LogP contribution in [0.25, 0.3) is 0 Å². The summed E-state index contributed by atoms with van der Waals surface area (Å²) in [5, 5.41) is 6.54. The van der Waals surface area contributed by atoms with Gasteiger partial charge in [-0.05, 0) is 45.5 Å². The predicted molar refractivity (Wildman–Crippen MR) is 97.4 cm³/mol. The molecule has 1 amide bonds. The largest absolute Gasteiger partial charge is 0.444 e. The molecule has 1 aromatic carbocycles. The molecule has 1 rings (SSSR count). The van der Waals surface area contributed by atoms with Crippen LogP contribution in [-0.4, -0.2) is 41.3 Å². The zero-order valence-electron chi connectivity index (χ0n) is 14.4. The van der Waals surface area contributed by atoms with Gasteiger partial charge in [-0.25, -0.2) is 4.79 Å². The summed E-state index contributed by atoms with van der Waals surface area (Å²) in [5.41, 5.74) is 0.729. The molecule has 0 heterocycles. The number of nitrogens with one attached hydrogen (secondary N) is 2. The maximum Gasteiger partial charge on any atom is 0.407 e. The van der Waals surface area contributed by atoms with Crippen LogP contribution in [0, 0.1) is 0 Å². The first-order chi connectivity index (χ1) is 10.8. The first kappa shape index (κ1) is 19.2. The van der Waals surface area contributed by atoms with Gasteiger partial charge in [0.05, 0.1) is 0 Å². The summed E-state index contributed by atoms with van der Waals surface area (Å²) in [6.45, 7) is 10.2. The molecule has 0 saturated heterocycles. The van der Waals surface area contributed by atoms with Crippen molar-refractivity contribution in [2.24, 2.45) is 0 Å². The summed E-state index contributed by atoms with van der Waals surface area (Å²) in [4.78, 5) is 13.6. The number of carbonyl (C=O) groups excluding carboxylic acids is 1. The second kappa shape index (κ2) is 9.35. The van der Waals surface area contributed by atoms with E-state index < -0.39 is 11.7 Å². The van der Waals surface area contributed by atoms with Gasteiger partial charge in [0.1, 0.15) is 5.60 Å². The minimum atomic E-state index is -0.485. The van der Waals surface area contributed by atoms with Gasteiger partial charge >= 0.3 is 6.09 Å². The Kier molecular flexibility index (Phi) is 7.81. The SMILES string of the molecule is CCN(Cc1ccccc1)C(=S)NCCNC(=O)OC(C)(C)C. The van der Waals surface area contributed by atoms with Gasteiger partial charge in [-0.1, -0.05) is 30.3 Å². The summed E-state index contributed by atoms with van der Waals surface area (Å²) >= 11 is 5.41. The number of rotatable bonds is 6. The molecule has 0 aliphatic carbocycles. The summed E-state index contributed by atoms with van der Waals surface area (Å²) in [6.07, 6.45) is -0.415. The van der Waals surface area contributed by atoms with Crippen molar-refractivity contribution in [2.75, 3.05) is 19.6 Å². The van der Waals surface area contributed by atoms with Crippen molar-refractivity contribution in [1.29, 1.82) is 0 Å². The summed E-state index contributed by atoms with van der Waals surface area (Å²) in [6, 6.07) is 10.2. The molecule has 0 aliphatic rings. The van der Waals surface area contributed by atoms with Crippen LogP contribution in [0.3, 0.4) is 0 Å². The monoisotopic (exact) mass is 337 g/mol. The second-order valence-electron chi connectivity index (χ2n) is 6.16. The standard InChI is InChI=1S/C17H27N3O2S/c1-5-20(13-14-9-7-6-8-10-14)15(23)18-11-12-19-16(21)22-17(2,3)4/h6-10H,5,11-13H2,1-4H3,(H,18,23)(H,19,21). The normalized spacial score (nSPS) is 10.8. The van der Waals surface area contributed by atoms with E-state index >= 15 is 0 Å². The molecule has 0 aliphatic heterocycles. The number of nitrogens with zero attached hydrogens (tertiary/aromatic N) is 1. The fourth-order valence-corrected chi connectivity index (χ4v) is 2.19.